The molecule has 0 saturated heterocycles. The Morgan fingerprint density at radius 3 is 1.74 bits per heavy atom. The highest BCUT2D eigenvalue weighted by Gasteiger charge is 2.46. The predicted molar refractivity (Wildman–Crippen MR) is 77.2 cm³/mol. The van der Waals surface area contributed by atoms with Crippen LogP contribution in [0.2, 0.25) is 0 Å². The van der Waals surface area contributed by atoms with Crippen LogP contribution in [-0.2, 0) is 0 Å². The zero-order chi connectivity index (χ0) is 17.0. The number of rotatable bonds is 6. The molecule has 0 unspecified atom stereocenters. The molecule has 0 atom stereocenters. The van der Waals surface area contributed by atoms with Crippen molar-refractivity contribution in [3.63, 3.8) is 0 Å². The Bertz CT molecular complexity index is 739. The summed E-state index contributed by atoms with van der Waals surface area (Å²) in [6, 6.07) is 13.9. The van der Waals surface area contributed by atoms with E-state index < -0.39 is 20.3 Å². The average molecular weight is 319 g/mol. The van der Waals surface area contributed by atoms with Crippen LogP contribution in [0.15, 0.2) is 54.6 Å². The van der Waals surface area contributed by atoms with Crippen LogP contribution in [-0.4, -0.2) is 20.3 Å². The van der Waals surface area contributed by atoms with Crippen LogP contribution in [0.1, 0.15) is 0 Å². The molecule has 0 heterocycles. The Hall–Kier alpha value is -3.76. The Kier molecular flexibility index (Phi) is 4.31. The normalized spacial score (nSPS) is 9.91. The van der Waals surface area contributed by atoms with Gasteiger partial charge >= 0.3 is 5.23 Å². The van der Waals surface area contributed by atoms with Crippen molar-refractivity contribution < 1.29 is 15.1 Å². The van der Waals surface area contributed by atoms with Gasteiger partial charge in [0.15, 0.2) is 10.7 Å². The van der Waals surface area contributed by atoms with E-state index in [-0.39, 0.29) is 16.4 Å². The minimum Gasteiger partial charge on any atom is -0.233 e. The molecule has 118 valence electrons. The molecular formula is C12H9N5O6. The monoisotopic (exact) mass is 319 g/mol. The van der Waals surface area contributed by atoms with Gasteiger partial charge in [-0.2, -0.15) is 0 Å². The molecule has 0 spiro atoms. The lowest BCUT2D eigenvalue weighted by atomic mass is 10.0. The van der Waals surface area contributed by atoms with Crippen molar-refractivity contribution in [2.45, 2.75) is 0 Å². The van der Waals surface area contributed by atoms with Crippen LogP contribution in [0.25, 0.3) is 11.1 Å². The number of hydrazine groups is 4. The Morgan fingerprint density at radius 2 is 1.22 bits per heavy atom. The lowest BCUT2D eigenvalue weighted by molar-refractivity contribution is -0.937. The van der Waals surface area contributed by atoms with Crippen molar-refractivity contribution in [1.82, 2.24) is 5.23 Å². The van der Waals surface area contributed by atoms with Crippen LogP contribution in [0.5, 0.6) is 0 Å². The smallest absolute Gasteiger partial charge is 0.233 e. The molecule has 0 bridgehead atoms. The van der Waals surface area contributed by atoms with Crippen LogP contribution in [0.4, 0.5) is 5.69 Å². The zero-order valence-corrected chi connectivity index (χ0v) is 11.4. The quantitative estimate of drug-likeness (QED) is 0.582. The van der Waals surface area contributed by atoms with Gasteiger partial charge in [-0.15, -0.1) is 0 Å². The molecule has 0 aliphatic rings. The maximum Gasteiger partial charge on any atom is 0.342 e. The van der Waals surface area contributed by atoms with Crippen LogP contribution in [0, 0.1) is 30.3 Å². The highest BCUT2D eigenvalue weighted by atomic mass is 16.8. The van der Waals surface area contributed by atoms with Gasteiger partial charge in [-0.3, -0.25) is 0 Å². The van der Waals surface area contributed by atoms with Crippen molar-refractivity contribution in [1.29, 1.82) is 0 Å². The summed E-state index contributed by atoms with van der Waals surface area (Å²) in [5.74, 6) is 0. The maximum absolute atomic E-state index is 11.2. The van der Waals surface area contributed by atoms with Crippen LogP contribution in [0.3, 0.4) is 0 Å². The van der Waals surface area contributed by atoms with Crippen molar-refractivity contribution in [2.24, 2.45) is 0 Å². The first kappa shape index (κ1) is 15.6. The molecule has 11 nitrogen and oxygen atoms in total. The van der Waals surface area contributed by atoms with E-state index in [9.17, 15) is 30.3 Å². The molecule has 2 aromatic carbocycles. The maximum atomic E-state index is 11.2. The molecule has 0 saturated carbocycles. The van der Waals surface area contributed by atoms with Gasteiger partial charge in [0.2, 0.25) is 0 Å². The predicted octanol–water partition coefficient (Wildman–Crippen LogP) is 1.95. The number of nitro groups is 3. The molecule has 0 aromatic heterocycles. The molecule has 0 aliphatic heterocycles. The molecule has 23 heavy (non-hydrogen) atoms. The molecule has 2 aromatic rings. The van der Waals surface area contributed by atoms with Crippen LogP contribution >= 0.6 is 0 Å². The van der Waals surface area contributed by atoms with E-state index in [1.165, 1.54) is 18.2 Å². The Balaban J connectivity index is 2.64. The summed E-state index contributed by atoms with van der Waals surface area (Å²) in [5.41, 5.74) is 0.442. The highest BCUT2D eigenvalue weighted by molar-refractivity contribution is 5.77. The second kappa shape index (κ2) is 6.34. The second-order valence-corrected chi connectivity index (χ2v) is 4.15. The number of benzene rings is 2. The van der Waals surface area contributed by atoms with Crippen molar-refractivity contribution in [3.05, 3.63) is 84.9 Å². The molecule has 11 heteroatoms. The summed E-state index contributed by atoms with van der Waals surface area (Å²) in [6.07, 6.45) is 0. The molecule has 0 fully saturated rings. The summed E-state index contributed by atoms with van der Waals surface area (Å²) >= 11 is 0. The van der Waals surface area contributed by atoms with Crippen LogP contribution < -0.4 is 5.12 Å². The largest absolute Gasteiger partial charge is 0.342 e. The molecule has 0 N–H and O–H groups in total. The summed E-state index contributed by atoms with van der Waals surface area (Å²) in [6.45, 7) is 0. The lowest BCUT2D eigenvalue weighted by Gasteiger charge is -2.15. The zero-order valence-electron chi connectivity index (χ0n) is 11.4. The highest BCUT2D eigenvalue weighted by Crippen LogP contribution is 2.31. The first-order chi connectivity index (χ1) is 10.9. The van der Waals surface area contributed by atoms with Gasteiger partial charge in [0.05, 0.1) is 0 Å². The third-order valence-corrected chi connectivity index (χ3v) is 2.82. The number of anilines is 1. The van der Waals surface area contributed by atoms with Gasteiger partial charge < -0.3 is 0 Å². The number of nitrogens with zero attached hydrogens (tertiary/aromatic N) is 5. The summed E-state index contributed by atoms with van der Waals surface area (Å²) < 4.78 is 0. The minimum atomic E-state index is -1.48. The van der Waals surface area contributed by atoms with Crippen molar-refractivity contribution in [2.75, 3.05) is 5.12 Å². The number of para-hydroxylation sites is 1. The van der Waals surface area contributed by atoms with E-state index in [0.29, 0.717) is 5.56 Å². The molecule has 0 amide bonds. The molecule has 0 aliphatic carbocycles. The fraction of sp³-hybridized carbons (Fsp3) is 0. The first-order valence-electron chi connectivity index (χ1n) is 6.11. The SMILES string of the molecule is O=[N+]([O-])N(c1ccccc1-c1ccccc1)N([N+](=O)[O-])[N+](=O)[O-]. The lowest BCUT2D eigenvalue weighted by Crippen LogP contribution is -2.53. The van der Waals surface area contributed by atoms with E-state index in [1.807, 2.05) is 0 Å². The van der Waals surface area contributed by atoms with Crippen molar-refractivity contribution in [3.8, 4) is 11.1 Å². The molecule has 0 radical (unpaired) electrons. The first-order valence-corrected chi connectivity index (χ1v) is 6.11. The van der Waals surface area contributed by atoms with Gasteiger partial charge in [-0.25, -0.2) is 30.3 Å². The average Bonchev–Trinajstić information content (AvgIpc) is 2.52. The summed E-state index contributed by atoms with van der Waals surface area (Å²) in [5, 5.41) is 27.7. The van der Waals surface area contributed by atoms with E-state index >= 15 is 0 Å². The topological polar surface area (TPSA) is 136 Å². The van der Waals surface area contributed by atoms with Crippen molar-refractivity contribution >= 4 is 5.69 Å². The number of hydrogen-bond acceptors (Lipinski definition) is 6. The van der Waals surface area contributed by atoms with Gasteiger partial charge in [0.1, 0.15) is 5.12 Å². The number of hydrogen-bond donors (Lipinski definition) is 0. The summed E-state index contributed by atoms with van der Waals surface area (Å²) in [4.78, 5) is 32.9. The van der Waals surface area contributed by atoms with Gasteiger partial charge in [0, 0.05) is 5.56 Å². The fourth-order valence-electron chi connectivity index (χ4n) is 1.96. The summed E-state index contributed by atoms with van der Waals surface area (Å²) in [7, 11) is 0. The van der Waals surface area contributed by atoms with Gasteiger partial charge in [0.25, 0.3) is 10.1 Å². The standard InChI is InChI=1S/C12H9N5O6/c18-15(19)13(14(16(20)21)17(22)23)12-9-5-4-8-11(12)10-6-2-1-3-7-10/h1-9H. The second-order valence-electron chi connectivity index (χ2n) is 4.15. The van der Waals surface area contributed by atoms with E-state index in [1.54, 1.807) is 36.4 Å². The van der Waals surface area contributed by atoms with E-state index in [0.717, 1.165) is 0 Å². The van der Waals surface area contributed by atoms with E-state index in [2.05, 4.69) is 0 Å². The molecular weight excluding hydrogens is 310 g/mol. The third-order valence-electron chi connectivity index (χ3n) is 2.82. The minimum absolute atomic E-state index is 0.220. The van der Waals surface area contributed by atoms with Gasteiger partial charge in [-0.05, 0) is 11.6 Å². The van der Waals surface area contributed by atoms with Gasteiger partial charge in [-0.1, -0.05) is 48.5 Å². The Labute approximate surface area is 128 Å². The third kappa shape index (κ3) is 3.12. The Morgan fingerprint density at radius 1 is 0.696 bits per heavy atom. The fourth-order valence-corrected chi connectivity index (χ4v) is 1.96. The molecule has 2 rings (SSSR count). The van der Waals surface area contributed by atoms with E-state index in [4.69, 9.17) is 0 Å².